The fourth-order valence-electron chi connectivity index (χ4n) is 1.14. The SMILES string of the molecule is C=C=CCNCC=CCNCCCNC(C)=O. The van der Waals surface area contributed by atoms with E-state index in [0.717, 1.165) is 39.1 Å². The molecule has 0 aromatic carbocycles. The van der Waals surface area contributed by atoms with Crippen molar-refractivity contribution < 1.29 is 4.79 Å². The summed E-state index contributed by atoms with van der Waals surface area (Å²) in [6, 6.07) is 0. The summed E-state index contributed by atoms with van der Waals surface area (Å²) in [5.41, 5.74) is 2.70. The summed E-state index contributed by atoms with van der Waals surface area (Å²) in [7, 11) is 0. The van der Waals surface area contributed by atoms with Gasteiger partial charge in [-0.05, 0) is 19.0 Å². The van der Waals surface area contributed by atoms with Gasteiger partial charge in [-0.3, -0.25) is 4.79 Å². The van der Waals surface area contributed by atoms with Gasteiger partial charge in [-0.1, -0.05) is 18.7 Å². The summed E-state index contributed by atoms with van der Waals surface area (Å²) in [5.74, 6) is 0.0320. The van der Waals surface area contributed by atoms with Crippen molar-refractivity contribution in [1.29, 1.82) is 0 Å². The molecule has 0 atom stereocenters. The molecular formula is C13H23N3O. The van der Waals surface area contributed by atoms with E-state index in [0.29, 0.717) is 0 Å². The molecule has 0 aromatic heterocycles. The zero-order valence-corrected chi connectivity index (χ0v) is 10.6. The molecule has 0 aliphatic rings. The van der Waals surface area contributed by atoms with Crippen molar-refractivity contribution in [3.05, 3.63) is 30.5 Å². The molecule has 1 amide bonds. The van der Waals surface area contributed by atoms with Gasteiger partial charge < -0.3 is 16.0 Å². The van der Waals surface area contributed by atoms with E-state index in [1.165, 1.54) is 6.92 Å². The molecule has 0 bridgehead atoms. The third kappa shape index (κ3) is 14.7. The average Bonchev–Trinajstić information content (AvgIpc) is 2.30. The van der Waals surface area contributed by atoms with Crippen LogP contribution in [0.4, 0.5) is 0 Å². The molecule has 0 saturated heterocycles. The Labute approximate surface area is 104 Å². The molecule has 0 fully saturated rings. The predicted octanol–water partition coefficient (Wildman–Crippen LogP) is 0.589. The van der Waals surface area contributed by atoms with Crippen LogP contribution < -0.4 is 16.0 Å². The Balaban J connectivity index is 3.13. The Kier molecular flexibility index (Phi) is 11.7. The van der Waals surface area contributed by atoms with Crippen LogP contribution in [0.5, 0.6) is 0 Å². The summed E-state index contributed by atoms with van der Waals surface area (Å²) in [5, 5.41) is 9.21. The lowest BCUT2D eigenvalue weighted by Crippen LogP contribution is -2.25. The summed E-state index contributed by atoms with van der Waals surface area (Å²) < 4.78 is 0. The minimum Gasteiger partial charge on any atom is -0.356 e. The number of nitrogens with one attached hydrogen (secondary N) is 3. The van der Waals surface area contributed by atoms with Crippen LogP contribution in [0.1, 0.15) is 13.3 Å². The van der Waals surface area contributed by atoms with E-state index in [4.69, 9.17) is 0 Å². The van der Waals surface area contributed by atoms with E-state index in [-0.39, 0.29) is 5.91 Å². The second kappa shape index (κ2) is 12.7. The quantitative estimate of drug-likeness (QED) is 0.296. The van der Waals surface area contributed by atoms with E-state index in [1.807, 2.05) is 6.08 Å². The van der Waals surface area contributed by atoms with E-state index in [1.54, 1.807) is 0 Å². The minimum atomic E-state index is 0.0320. The van der Waals surface area contributed by atoms with Crippen molar-refractivity contribution in [2.24, 2.45) is 0 Å². The zero-order valence-electron chi connectivity index (χ0n) is 10.6. The number of amides is 1. The highest BCUT2D eigenvalue weighted by molar-refractivity contribution is 5.72. The highest BCUT2D eigenvalue weighted by Gasteiger charge is 1.89. The first-order valence-corrected chi connectivity index (χ1v) is 5.92. The van der Waals surface area contributed by atoms with E-state index in [2.05, 4.69) is 40.4 Å². The lowest BCUT2D eigenvalue weighted by molar-refractivity contribution is -0.118. The van der Waals surface area contributed by atoms with Crippen molar-refractivity contribution in [3.8, 4) is 0 Å². The average molecular weight is 237 g/mol. The van der Waals surface area contributed by atoms with Crippen molar-refractivity contribution in [1.82, 2.24) is 16.0 Å². The Morgan fingerprint density at radius 3 is 2.53 bits per heavy atom. The minimum absolute atomic E-state index is 0.0320. The molecule has 96 valence electrons. The largest absolute Gasteiger partial charge is 0.356 e. The number of hydrogen-bond acceptors (Lipinski definition) is 3. The molecule has 0 heterocycles. The standard InChI is InChI=1S/C13H23N3O/c1-3-4-8-14-9-5-6-10-15-11-7-12-16-13(2)17/h4-6,14-15H,1,7-12H2,2H3,(H,16,17). The van der Waals surface area contributed by atoms with Gasteiger partial charge in [0.2, 0.25) is 5.91 Å². The first kappa shape index (κ1) is 15.7. The summed E-state index contributed by atoms with van der Waals surface area (Å²) in [6.45, 7) is 9.18. The van der Waals surface area contributed by atoms with Gasteiger partial charge >= 0.3 is 0 Å². The normalized spacial score (nSPS) is 10.2. The van der Waals surface area contributed by atoms with Crippen LogP contribution in [0.3, 0.4) is 0 Å². The molecule has 0 spiro atoms. The molecule has 0 rings (SSSR count). The van der Waals surface area contributed by atoms with Gasteiger partial charge in [0.05, 0.1) is 0 Å². The summed E-state index contributed by atoms with van der Waals surface area (Å²) >= 11 is 0. The van der Waals surface area contributed by atoms with Crippen LogP contribution in [0.25, 0.3) is 0 Å². The van der Waals surface area contributed by atoms with Gasteiger partial charge in [0.1, 0.15) is 0 Å². The number of carbonyl (C=O) groups excluding carboxylic acids is 1. The summed E-state index contributed by atoms with van der Waals surface area (Å²) in [6.07, 6.45) is 6.98. The van der Waals surface area contributed by atoms with Crippen molar-refractivity contribution in [3.63, 3.8) is 0 Å². The van der Waals surface area contributed by atoms with Crippen LogP contribution in [0.15, 0.2) is 30.5 Å². The second-order valence-electron chi connectivity index (χ2n) is 3.58. The van der Waals surface area contributed by atoms with E-state index in [9.17, 15) is 4.79 Å². The van der Waals surface area contributed by atoms with Crippen LogP contribution >= 0.6 is 0 Å². The Morgan fingerprint density at radius 2 is 1.88 bits per heavy atom. The van der Waals surface area contributed by atoms with Gasteiger partial charge in [-0.2, -0.15) is 0 Å². The maximum atomic E-state index is 10.6. The molecule has 0 saturated carbocycles. The highest BCUT2D eigenvalue weighted by Crippen LogP contribution is 1.75. The number of rotatable bonds is 10. The first-order valence-electron chi connectivity index (χ1n) is 5.92. The lowest BCUT2D eigenvalue weighted by atomic mass is 10.4. The second-order valence-corrected chi connectivity index (χ2v) is 3.58. The molecule has 0 unspecified atom stereocenters. The van der Waals surface area contributed by atoms with Gasteiger partial charge in [0, 0.05) is 33.1 Å². The molecule has 0 aromatic rings. The topological polar surface area (TPSA) is 53.2 Å². The third-order valence-corrected chi connectivity index (χ3v) is 1.99. The molecule has 4 heteroatoms. The highest BCUT2D eigenvalue weighted by atomic mass is 16.1. The van der Waals surface area contributed by atoms with Gasteiger partial charge in [-0.15, -0.1) is 5.73 Å². The Hall–Kier alpha value is -1.35. The molecule has 0 aliphatic heterocycles. The number of hydrogen-bond donors (Lipinski definition) is 3. The molecule has 0 radical (unpaired) electrons. The predicted molar refractivity (Wildman–Crippen MR) is 71.9 cm³/mol. The van der Waals surface area contributed by atoms with E-state index >= 15 is 0 Å². The van der Waals surface area contributed by atoms with Gasteiger partial charge in [0.15, 0.2) is 0 Å². The Morgan fingerprint density at radius 1 is 1.18 bits per heavy atom. The van der Waals surface area contributed by atoms with Crippen LogP contribution in [0.2, 0.25) is 0 Å². The van der Waals surface area contributed by atoms with Crippen LogP contribution in [0, 0.1) is 0 Å². The smallest absolute Gasteiger partial charge is 0.216 e. The molecule has 17 heavy (non-hydrogen) atoms. The maximum Gasteiger partial charge on any atom is 0.216 e. The molecule has 4 nitrogen and oxygen atoms in total. The maximum absolute atomic E-state index is 10.6. The Bertz CT molecular complexity index is 268. The van der Waals surface area contributed by atoms with Crippen molar-refractivity contribution in [2.75, 3.05) is 32.7 Å². The zero-order chi connectivity index (χ0) is 12.8. The van der Waals surface area contributed by atoms with Crippen molar-refractivity contribution >= 4 is 5.91 Å². The van der Waals surface area contributed by atoms with E-state index < -0.39 is 0 Å². The molecule has 0 aliphatic carbocycles. The monoisotopic (exact) mass is 237 g/mol. The van der Waals surface area contributed by atoms with Crippen LogP contribution in [-0.4, -0.2) is 38.6 Å². The fourth-order valence-corrected chi connectivity index (χ4v) is 1.14. The van der Waals surface area contributed by atoms with Gasteiger partial charge in [0.25, 0.3) is 0 Å². The third-order valence-electron chi connectivity index (χ3n) is 1.99. The van der Waals surface area contributed by atoms with Gasteiger partial charge in [-0.25, -0.2) is 0 Å². The molecular weight excluding hydrogens is 214 g/mol. The lowest BCUT2D eigenvalue weighted by Gasteiger charge is -2.02. The van der Waals surface area contributed by atoms with Crippen LogP contribution in [-0.2, 0) is 4.79 Å². The number of carbonyl (C=O) groups is 1. The van der Waals surface area contributed by atoms with Crippen molar-refractivity contribution in [2.45, 2.75) is 13.3 Å². The summed E-state index contributed by atoms with van der Waals surface area (Å²) in [4.78, 5) is 10.6. The molecule has 3 N–H and O–H groups in total. The first-order chi connectivity index (χ1) is 8.27. The fraction of sp³-hybridized carbons (Fsp3) is 0.538.